The van der Waals surface area contributed by atoms with Crippen LogP contribution in [0.4, 0.5) is 0 Å². The van der Waals surface area contributed by atoms with Crippen LogP contribution in [0.5, 0.6) is 0 Å². The molecule has 0 aliphatic rings. The Morgan fingerprint density at radius 3 is 2.40 bits per heavy atom. The van der Waals surface area contributed by atoms with Crippen LogP contribution in [0, 0.1) is 0 Å². The van der Waals surface area contributed by atoms with Crippen LogP contribution in [-0.4, -0.2) is 53.9 Å². The van der Waals surface area contributed by atoms with E-state index in [1.807, 2.05) is 0 Å². The van der Waals surface area contributed by atoms with Crippen LogP contribution in [0.15, 0.2) is 41.6 Å². The third-order valence-corrected chi connectivity index (χ3v) is 5.32. The standard InChI is InChI=1S/C15H17ClN4O4S/c1-20(25(23,24)13-4-2-12(16)3-5-13)10-14-18-8-11(9-19-14)15(22)17-6-7-21/h2-5,8-9,21H,6-7,10H2,1H3,(H,17,22). The molecule has 1 heterocycles. The highest BCUT2D eigenvalue weighted by Gasteiger charge is 2.21. The summed E-state index contributed by atoms with van der Waals surface area (Å²) in [4.78, 5) is 19.8. The molecule has 0 aliphatic carbocycles. The van der Waals surface area contributed by atoms with Gasteiger partial charge in [-0.2, -0.15) is 4.31 Å². The van der Waals surface area contributed by atoms with Crippen molar-refractivity contribution in [3.8, 4) is 0 Å². The fourth-order valence-corrected chi connectivity index (χ4v) is 3.15. The molecule has 134 valence electrons. The number of aliphatic hydroxyl groups is 1. The summed E-state index contributed by atoms with van der Waals surface area (Å²) in [6.07, 6.45) is 2.61. The van der Waals surface area contributed by atoms with Crippen LogP contribution in [0.1, 0.15) is 16.2 Å². The second-order valence-corrected chi connectivity index (χ2v) is 7.56. The van der Waals surface area contributed by atoms with Crippen LogP contribution >= 0.6 is 11.6 Å². The molecule has 2 N–H and O–H groups in total. The van der Waals surface area contributed by atoms with Crippen molar-refractivity contribution in [3.05, 3.63) is 53.1 Å². The van der Waals surface area contributed by atoms with Crippen molar-refractivity contribution in [2.45, 2.75) is 11.4 Å². The summed E-state index contributed by atoms with van der Waals surface area (Å²) in [5, 5.41) is 11.6. The van der Waals surface area contributed by atoms with Crippen LogP contribution in [0.25, 0.3) is 0 Å². The molecule has 0 unspecified atom stereocenters. The van der Waals surface area contributed by atoms with Gasteiger partial charge < -0.3 is 10.4 Å². The number of hydrogen-bond donors (Lipinski definition) is 2. The van der Waals surface area contributed by atoms with Gasteiger partial charge in [-0.15, -0.1) is 0 Å². The predicted octanol–water partition coefficient (Wildman–Crippen LogP) is 0.673. The van der Waals surface area contributed by atoms with Crippen molar-refractivity contribution in [1.29, 1.82) is 0 Å². The Morgan fingerprint density at radius 2 is 1.84 bits per heavy atom. The van der Waals surface area contributed by atoms with Crippen molar-refractivity contribution < 1.29 is 18.3 Å². The summed E-state index contributed by atoms with van der Waals surface area (Å²) >= 11 is 5.77. The van der Waals surface area contributed by atoms with E-state index in [4.69, 9.17) is 16.7 Å². The van der Waals surface area contributed by atoms with Crippen LogP contribution < -0.4 is 5.32 Å². The molecule has 2 aromatic rings. The van der Waals surface area contributed by atoms with Crippen molar-refractivity contribution >= 4 is 27.5 Å². The number of hydrogen-bond acceptors (Lipinski definition) is 6. The van der Waals surface area contributed by atoms with Crippen LogP contribution in [0.2, 0.25) is 5.02 Å². The number of amides is 1. The van der Waals surface area contributed by atoms with Gasteiger partial charge in [-0.3, -0.25) is 4.79 Å². The lowest BCUT2D eigenvalue weighted by Crippen LogP contribution is -2.28. The number of halogens is 1. The molecule has 0 aliphatic heterocycles. The quantitative estimate of drug-likeness (QED) is 0.725. The zero-order chi connectivity index (χ0) is 18.4. The van der Waals surface area contributed by atoms with E-state index < -0.39 is 15.9 Å². The predicted molar refractivity (Wildman–Crippen MR) is 91.6 cm³/mol. The molecule has 0 saturated carbocycles. The smallest absolute Gasteiger partial charge is 0.254 e. The van der Waals surface area contributed by atoms with Crippen molar-refractivity contribution in [2.75, 3.05) is 20.2 Å². The fraction of sp³-hybridized carbons (Fsp3) is 0.267. The van der Waals surface area contributed by atoms with Gasteiger partial charge >= 0.3 is 0 Å². The molecule has 1 aromatic carbocycles. The monoisotopic (exact) mass is 384 g/mol. The van der Waals surface area contributed by atoms with E-state index in [1.54, 1.807) is 0 Å². The van der Waals surface area contributed by atoms with Crippen molar-refractivity contribution in [2.24, 2.45) is 0 Å². The number of aromatic nitrogens is 2. The average Bonchev–Trinajstić information content (AvgIpc) is 2.60. The molecule has 8 nitrogen and oxygen atoms in total. The van der Waals surface area contributed by atoms with E-state index in [0.29, 0.717) is 5.02 Å². The first-order valence-corrected chi connectivity index (χ1v) is 9.08. The zero-order valence-electron chi connectivity index (χ0n) is 13.4. The first-order valence-electron chi connectivity index (χ1n) is 7.26. The number of rotatable bonds is 7. The van der Waals surface area contributed by atoms with E-state index in [1.165, 1.54) is 43.7 Å². The van der Waals surface area contributed by atoms with Gasteiger partial charge in [-0.05, 0) is 24.3 Å². The number of aliphatic hydroxyl groups excluding tert-OH is 1. The highest BCUT2D eigenvalue weighted by atomic mass is 35.5. The third kappa shape index (κ3) is 4.95. The zero-order valence-corrected chi connectivity index (χ0v) is 15.0. The number of nitrogens with one attached hydrogen (secondary N) is 1. The Kier molecular flexibility index (Phi) is 6.43. The van der Waals surface area contributed by atoms with E-state index in [9.17, 15) is 13.2 Å². The largest absolute Gasteiger partial charge is 0.395 e. The molecule has 0 atom stereocenters. The first kappa shape index (κ1) is 19.3. The van der Waals surface area contributed by atoms with Gasteiger partial charge in [0.1, 0.15) is 5.82 Å². The maximum atomic E-state index is 12.5. The van der Waals surface area contributed by atoms with Gasteiger partial charge in [0.2, 0.25) is 10.0 Å². The number of carbonyl (C=O) groups excluding carboxylic acids is 1. The summed E-state index contributed by atoms with van der Waals surface area (Å²) in [5.74, 6) is -0.165. The van der Waals surface area contributed by atoms with Gasteiger partial charge in [0.25, 0.3) is 5.91 Å². The molecule has 1 amide bonds. The van der Waals surface area contributed by atoms with Crippen molar-refractivity contribution in [1.82, 2.24) is 19.6 Å². The topological polar surface area (TPSA) is 112 Å². The normalized spacial score (nSPS) is 11.5. The average molecular weight is 385 g/mol. The van der Waals surface area contributed by atoms with Gasteiger partial charge in [0.05, 0.1) is 23.6 Å². The molecular formula is C15H17ClN4O4S. The first-order chi connectivity index (χ1) is 11.8. The molecule has 25 heavy (non-hydrogen) atoms. The minimum absolute atomic E-state index is 0.0521. The van der Waals surface area contributed by atoms with Crippen LogP contribution in [-0.2, 0) is 16.6 Å². The van der Waals surface area contributed by atoms with Gasteiger partial charge in [0.15, 0.2) is 0 Å². The highest BCUT2D eigenvalue weighted by molar-refractivity contribution is 7.89. The number of carbonyl (C=O) groups is 1. The van der Waals surface area contributed by atoms with E-state index in [-0.39, 0.29) is 36.0 Å². The summed E-state index contributed by atoms with van der Waals surface area (Å²) < 4.78 is 26.1. The van der Waals surface area contributed by atoms with Crippen molar-refractivity contribution in [3.63, 3.8) is 0 Å². The van der Waals surface area contributed by atoms with Crippen LogP contribution in [0.3, 0.4) is 0 Å². The summed E-state index contributed by atoms with van der Waals surface area (Å²) in [6, 6.07) is 5.84. The lowest BCUT2D eigenvalue weighted by molar-refractivity contribution is 0.0944. The minimum Gasteiger partial charge on any atom is -0.395 e. The number of nitrogens with zero attached hydrogens (tertiary/aromatic N) is 3. The Balaban J connectivity index is 2.08. The Bertz CT molecular complexity index is 826. The summed E-state index contributed by atoms with van der Waals surface area (Å²) in [7, 11) is -2.29. The summed E-state index contributed by atoms with van der Waals surface area (Å²) in [5.41, 5.74) is 0.223. The van der Waals surface area contributed by atoms with Gasteiger partial charge in [-0.25, -0.2) is 18.4 Å². The summed E-state index contributed by atoms with van der Waals surface area (Å²) in [6.45, 7) is -0.0931. The molecule has 10 heteroatoms. The molecular weight excluding hydrogens is 368 g/mol. The molecule has 2 rings (SSSR count). The van der Waals surface area contributed by atoms with E-state index in [2.05, 4.69) is 15.3 Å². The Morgan fingerprint density at radius 1 is 1.24 bits per heavy atom. The highest BCUT2D eigenvalue weighted by Crippen LogP contribution is 2.18. The van der Waals surface area contributed by atoms with Gasteiger partial charge in [-0.1, -0.05) is 11.6 Å². The lowest BCUT2D eigenvalue weighted by atomic mass is 10.3. The van der Waals surface area contributed by atoms with E-state index in [0.717, 1.165) is 4.31 Å². The van der Waals surface area contributed by atoms with Gasteiger partial charge in [0, 0.05) is 31.0 Å². The maximum Gasteiger partial charge on any atom is 0.254 e. The Labute approximate surface area is 150 Å². The second kappa shape index (κ2) is 8.34. The maximum absolute atomic E-state index is 12.5. The Hall–Kier alpha value is -2.07. The van der Waals surface area contributed by atoms with E-state index >= 15 is 0 Å². The SMILES string of the molecule is CN(Cc1ncc(C(=O)NCCO)cn1)S(=O)(=O)c1ccc(Cl)cc1. The number of sulfonamides is 1. The minimum atomic E-state index is -3.70. The second-order valence-electron chi connectivity index (χ2n) is 5.08. The molecule has 0 fully saturated rings. The molecule has 0 saturated heterocycles. The molecule has 0 radical (unpaired) electrons. The molecule has 0 spiro atoms. The number of benzene rings is 1. The fourth-order valence-electron chi connectivity index (χ4n) is 1.90. The third-order valence-electron chi connectivity index (χ3n) is 3.25. The lowest BCUT2D eigenvalue weighted by Gasteiger charge is -2.16. The molecule has 0 bridgehead atoms. The molecule has 1 aromatic heterocycles.